The minimum atomic E-state index is 0.256. The Bertz CT molecular complexity index is 389. The molecule has 2 unspecified atom stereocenters. The van der Waals surface area contributed by atoms with Crippen molar-refractivity contribution in [1.29, 1.82) is 0 Å². The normalized spacial score (nSPS) is 32.8. The van der Waals surface area contributed by atoms with E-state index >= 15 is 0 Å². The lowest BCUT2D eigenvalue weighted by molar-refractivity contribution is 0.0478. The van der Waals surface area contributed by atoms with Crippen molar-refractivity contribution in [2.45, 2.75) is 38.1 Å². The highest BCUT2D eigenvalue weighted by molar-refractivity contribution is 5.17. The van der Waals surface area contributed by atoms with Gasteiger partial charge in [-0.15, -0.1) is 0 Å². The Kier molecular flexibility index (Phi) is 3.39. The molecule has 4 heteroatoms. The van der Waals surface area contributed by atoms with Gasteiger partial charge in [-0.1, -0.05) is 6.92 Å². The van der Waals surface area contributed by atoms with Crippen LogP contribution in [0.25, 0.3) is 0 Å². The van der Waals surface area contributed by atoms with E-state index in [0.717, 1.165) is 32.8 Å². The molecule has 2 atom stereocenters. The molecular weight excluding hydrogens is 226 g/mol. The number of nitrogens with one attached hydrogen (secondary N) is 1. The van der Waals surface area contributed by atoms with E-state index in [1.807, 2.05) is 6.33 Å². The molecule has 0 bridgehead atoms. The fraction of sp³-hybridized carbons (Fsp3) is 0.786. The number of aromatic nitrogens is 2. The first-order valence-corrected chi connectivity index (χ1v) is 7.07. The Morgan fingerprint density at radius 3 is 3.28 bits per heavy atom. The quantitative estimate of drug-likeness (QED) is 0.883. The Morgan fingerprint density at radius 2 is 2.56 bits per heavy atom. The summed E-state index contributed by atoms with van der Waals surface area (Å²) in [5.74, 6) is 0.657. The molecule has 2 aliphatic heterocycles. The van der Waals surface area contributed by atoms with Crippen molar-refractivity contribution in [3.8, 4) is 0 Å². The van der Waals surface area contributed by atoms with Crippen LogP contribution in [0.2, 0.25) is 0 Å². The second-order valence-corrected chi connectivity index (χ2v) is 6.00. The number of rotatable bonds is 3. The summed E-state index contributed by atoms with van der Waals surface area (Å²) in [5.41, 5.74) is 1.64. The van der Waals surface area contributed by atoms with Crippen LogP contribution >= 0.6 is 0 Å². The van der Waals surface area contributed by atoms with Crippen LogP contribution in [0.3, 0.4) is 0 Å². The monoisotopic (exact) mass is 249 g/mol. The second kappa shape index (κ2) is 5.02. The zero-order valence-corrected chi connectivity index (χ0v) is 11.2. The minimum absolute atomic E-state index is 0.256. The SMILES string of the molecule is CC1(c2cncn2CC2CCCOC2)CCNC1. The van der Waals surface area contributed by atoms with E-state index in [1.54, 1.807) is 0 Å². The van der Waals surface area contributed by atoms with Crippen molar-refractivity contribution in [1.82, 2.24) is 14.9 Å². The molecule has 4 nitrogen and oxygen atoms in total. The average Bonchev–Trinajstić information content (AvgIpc) is 3.00. The molecule has 18 heavy (non-hydrogen) atoms. The Hall–Kier alpha value is -0.870. The van der Waals surface area contributed by atoms with Crippen LogP contribution in [0.4, 0.5) is 0 Å². The molecule has 1 aromatic heterocycles. The highest BCUT2D eigenvalue weighted by atomic mass is 16.5. The summed E-state index contributed by atoms with van der Waals surface area (Å²) >= 11 is 0. The summed E-state index contributed by atoms with van der Waals surface area (Å²) in [4.78, 5) is 4.37. The van der Waals surface area contributed by atoms with Crippen LogP contribution < -0.4 is 5.32 Å². The molecular formula is C14H23N3O. The largest absolute Gasteiger partial charge is 0.381 e. The van der Waals surface area contributed by atoms with Gasteiger partial charge in [0.25, 0.3) is 0 Å². The molecule has 0 aromatic carbocycles. The van der Waals surface area contributed by atoms with Crippen molar-refractivity contribution in [2.24, 2.45) is 5.92 Å². The maximum atomic E-state index is 5.58. The molecule has 1 N–H and O–H groups in total. The van der Waals surface area contributed by atoms with Gasteiger partial charge in [-0.05, 0) is 25.8 Å². The lowest BCUT2D eigenvalue weighted by atomic mass is 9.86. The lowest BCUT2D eigenvalue weighted by Crippen LogP contribution is -2.30. The van der Waals surface area contributed by atoms with E-state index in [9.17, 15) is 0 Å². The van der Waals surface area contributed by atoms with Crippen LogP contribution in [0.1, 0.15) is 31.9 Å². The van der Waals surface area contributed by atoms with Crippen LogP contribution in [0, 0.1) is 5.92 Å². The van der Waals surface area contributed by atoms with Crippen LogP contribution in [0.5, 0.6) is 0 Å². The molecule has 100 valence electrons. The third kappa shape index (κ3) is 2.31. The first kappa shape index (κ1) is 12.2. The zero-order valence-electron chi connectivity index (χ0n) is 11.2. The number of ether oxygens (including phenoxy) is 1. The highest BCUT2D eigenvalue weighted by Crippen LogP contribution is 2.30. The van der Waals surface area contributed by atoms with E-state index in [1.165, 1.54) is 25.0 Å². The lowest BCUT2D eigenvalue weighted by Gasteiger charge is -2.28. The van der Waals surface area contributed by atoms with E-state index in [2.05, 4.69) is 28.0 Å². The second-order valence-electron chi connectivity index (χ2n) is 6.00. The first-order valence-electron chi connectivity index (χ1n) is 7.07. The van der Waals surface area contributed by atoms with Crippen LogP contribution in [0.15, 0.2) is 12.5 Å². The number of hydrogen-bond donors (Lipinski definition) is 1. The standard InChI is InChI=1S/C14H23N3O/c1-14(4-5-15-10-14)13-7-16-11-17(13)8-12-3-2-6-18-9-12/h7,11-12,15H,2-6,8-10H2,1H3. The van der Waals surface area contributed by atoms with Gasteiger partial charge in [-0.25, -0.2) is 4.98 Å². The van der Waals surface area contributed by atoms with Gasteiger partial charge in [0.15, 0.2) is 0 Å². The van der Waals surface area contributed by atoms with Crippen molar-refractivity contribution in [2.75, 3.05) is 26.3 Å². The number of hydrogen-bond acceptors (Lipinski definition) is 3. The summed E-state index contributed by atoms with van der Waals surface area (Å²) in [7, 11) is 0. The molecule has 2 saturated heterocycles. The van der Waals surface area contributed by atoms with Gasteiger partial charge in [0.05, 0.1) is 12.9 Å². The van der Waals surface area contributed by atoms with Crippen molar-refractivity contribution in [3.05, 3.63) is 18.2 Å². The van der Waals surface area contributed by atoms with E-state index < -0.39 is 0 Å². The maximum Gasteiger partial charge on any atom is 0.0948 e. The Balaban J connectivity index is 1.74. The third-order valence-electron chi connectivity index (χ3n) is 4.41. The molecule has 3 rings (SSSR count). The van der Waals surface area contributed by atoms with Crippen LogP contribution in [-0.2, 0) is 16.7 Å². The topological polar surface area (TPSA) is 39.1 Å². The number of imidazole rings is 1. The molecule has 0 amide bonds. The van der Waals surface area contributed by atoms with Crippen molar-refractivity contribution >= 4 is 0 Å². The van der Waals surface area contributed by atoms with Crippen molar-refractivity contribution < 1.29 is 4.74 Å². The van der Waals surface area contributed by atoms with Crippen LogP contribution in [-0.4, -0.2) is 35.9 Å². The molecule has 2 aliphatic rings. The van der Waals surface area contributed by atoms with E-state index in [4.69, 9.17) is 4.74 Å². The van der Waals surface area contributed by atoms with E-state index in [-0.39, 0.29) is 5.41 Å². The maximum absolute atomic E-state index is 5.58. The van der Waals surface area contributed by atoms with Gasteiger partial charge in [0, 0.05) is 42.9 Å². The molecule has 0 radical (unpaired) electrons. The summed E-state index contributed by atoms with van der Waals surface area (Å²) in [6.07, 6.45) is 7.74. The Morgan fingerprint density at radius 1 is 1.61 bits per heavy atom. The molecule has 0 saturated carbocycles. The van der Waals surface area contributed by atoms with Gasteiger partial charge in [-0.2, -0.15) is 0 Å². The van der Waals surface area contributed by atoms with Gasteiger partial charge in [-0.3, -0.25) is 0 Å². The fourth-order valence-electron chi connectivity index (χ4n) is 3.23. The molecule has 1 aromatic rings. The zero-order chi connectivity index (χ0) is 12.4. The molecule has 2 fully saturated rings. The molecule has 3 heterocycles. The predicted molar refractivity (Wildman–Crippen MR) is 70.6 cm³/mol. The summed E-state index contributed by atoms with van der Waals surface area (Å²) in [5, 5.41) is 3.47. The molecule has 0 aliphatic carbocycles. The smallest absolute Gasteiger partial charge is 0.0948 e. The summed E-state index contributed by atoms with van der Waals surface area (Å²) < 4.78 is 7.93. The van der Waals surface area contributed by atoms with Gasteiger partial charge in [0.1, 0.15) is 0 Å². The van der Waals surface area contributed by atoms with E-state index in [0.29, 0.717) is 5.92 Å². The summed E-state index contributed by atoms with van der Waals surface area (Å²) in [6, 6.07) is 0. The van der Waals surface area contributed by atoms with Gasteiger partial charge >= 0.3 is 0 Å². The Labute approximate surface area is 109 Å². The van der Waals surface area contributed by atoms with Gasteiger partial charge < -0.3 is 14.6 Å². The van der Waals surface area contributed by atoms with Crippen molar-refractivity contribution in [3.63, 3.8) is 0 Å². The first-order chi connectivity index (χ1) is 8.78. The fourth-order valence-corrected chi connectivity index (χ4v) is 3.23. The highest BCUT2D eigenvalue weighted by Gasteiger charge is 2.33. The predicted octanol–water partition coefficient (Wildman–Crippen LogP) is 1.56. The summed E-state index contributed by atoms with van der Waals surface area (Å²) in [6.45, 7) is 7.44. The minimum Gasteiger partial charge on any atom is -0.381 e. The number of nitrogens with zero attached hydrogens (tertiary/aromatic N) is 2. The molecule has 0 spiro atoms. The van der Waals surface area contributed by atoms with Gasteiger partial charge in [0.2, 0.25) is 0 Å². The third-order valence-corrected chi connectivity index (χ3v) is 4.41. The average molecular weight is 249 g/mol.